The molecule has 4 rings (SSSR count). The predicted octanol–water partition coefficient (Wildman–Crippen LogP) is 8.03. The van der Waals surface area contributed by atoms with Crippen molar-refractivity contribution in [3.8, 4) is 23.0 Å². The van der Waals surface area contributed by atoms with E-state index in [0.717, 1.165) is 25.7 Å². The fraction of sp³-hybridized carbons (Fsp3) is 0.357. The Morgan fingerprint density at radius 3 is 2.24 bits per heavy atom. The summed E-state index contributed by atoms with van der Waals surface area (Å²) in [7, 11) is 0. The van der Waals surface area contributed by atoms with Gasteiger partial charge in [-0.3, -0.25) is 0 Å². The molecule has 3 aromatic rings. The second kappa shape index (κ2) is 10.7. The lowest BCUT2D eigenvalue weighted by atomic mass is 9.97. The van der Waals surface area contributed by atoms with Crippen LogP contribution in [0.25, 0.3) is 0 Å². The Morgan fingerprint density at radius 1 is 0.848 bits per heavy atom. The van der Waals surface area contributed by atoms with Crippen LogP contribution in [0.15, 0.2) is 60.7 Å². The molecule has 0 aliphatic heterocycles. The van der Waals surface area contributed by atoms with E-state index in [1.165, 1.54) is 29.8 Å². The van der Waals surface area contributed by atoms with Gasteiger partial charge in [0, 0.05) is 17.7 Å². The van der Waals surface area contributed by atoms with Gasteiger partial charge < -0.3 is 14.2 Å². The van der Waals surface area contributed by atoms with Crippen molar-refractivity contribution in [2.24, 2.45) is 5.92 Å². The molecule has 0 heterocycles. The van der Waals surface area contributed by atoms with Gasteiger partial charge in [0.25, 0.3) is 0 Å². The molecule has 1 atom stereocenters. The summed E-state index contributed by atoms with van der Waals surface area (Å²) in [5.74, 6) is 1.74. The van der Waals surface area contributed by atoms with Gasteiger partial charge in [0.1, 0.15) is 29.7 Å². The molecule has 5 heteroatoms. The van der Waals surface area contributed by atoms with Gasteiger partial charge in [0.05, 0.1) is 6.61 Å². The molecular weight excluding hydrogens is 422 g/mol. The van der Waals surface area contributed by atoms with Crippen molar-refractivity contribution in [2.75, 3.05) is 6.61 Å². The Balaban J connectivity index is 1.34. The van der Waals surface area contributed by atoms with Crippen LogP contribution >= 0.6 is 0 Å². The van der Waals surface area contributed by atoms with Crippen molar-refractivity contribution < 1.29 is 23.0 Å². The standard InChI is InChI=1S/C28H30F2O3/c1-3-4-19(2)21-7-10-23(11-8-21)31-18-22-9-12-24(15-27(22)30)33-25-13-14-26(29)28(16-25)32-17-20-5-6-20/h7-16,19-20H,3-6,17-18H2,1-2H3. The highest BCUT2D eigenvalue weighted by Gasteiger charge is 2.22. The number of hydrogen-bond donors (Lipinski definition) is 0. The van der Waals surface area contributed by atoms with Gasteiger partial charge in [-0.05, 0) is 73.1 Å². The van der Waals surface area contributed by atoms with E-state index in [2.05, 4.69) is 26.0 Å². The van der Waals surface area contributed by atoms with Crippen molar-refractivity contribution in [3.63, 3.8) is 0 Å². The molecule has 1 aliphatic carbocycles. The van der Waals surface area contributed by atoms with Crippen molar-refractivity contribution in [2.45, 2.75) is 52.1 Å². The van der Waals surface area contributed by atoms with Gasteiger partial charge in [0.15, 0.2) is 11.6 Å². The zero-order valence-corrected chi connectivity index (χ0v) is 19.2. The van der Waals surface area contributed by atoms with Crippen LogP contribution in [0.2, 0.25) is 0 Å². The van der Waals surface area contributed by atoms with E-state index in [1.54, 1.807) is 12.1 Å². The predicted molar refractivity (Wildman–Crippen MR) is 125 cm³/mol. The molecular formula is C28H30F2O3. The molecule has 1 unspecified atom stereocenters. The third-order valence-electron chi connectivity index (χ3n) is 5.90. The molecule has 3 aromatic carbocycles. The van der Waals surface area contributed by atoms with E-state index in [9.17, 15) is 8.78 Å². The highest BCUT2D eigenvalue weighted by atomic mass is 19.1. The average Bonchev–Trinajstić information content (AvgIpc) is 3.64. The lowest BCUT2D eigenvalue weighted by Crippen LogP contribution is -2.01. The second-order valence-electron chi connectivity index (χ2n) is 8.75. The monoisotopic (exact) mass is 452 g/mol. The Kier molecular flexibility index (Phi) is 7.48. The maximum absolute atomic E-state index is 14.6. The van der Waals surface area contributed by atoms with E-state index in [-0.39, 0.29) is 12.4 Å². The molecule has 1 aliphatic rings. The van der Waals surface area contributed by atoms with Crippen LogP contribution in [0.5, 0.6) is 23.0 Å². The Hall–Kier alpha value is -3.08. The molecule has 3 nitrogen and oxygen atoms in total. The van der Waals surface area contributed by atoms with Crippen LogP contribution < -0.4 is 14.2 Å². The molecule has 1 saturated carbocycles. The van der Waals surface area contributed by atoms with Crippen molar-refractivity contribution in [1.29, 1.82) is 0 Å². The first-order chi connectivity index (χ1) is 16.0. The normalized spacial score (nSPS) is 14.1. The molecule has 1 fully saturated rings. The Bertz CT molecular complexity index is 1060. The maximum Gasteiger partial charge on any atom is 0.165 e. The summed E-state index contributed by atoms with van der Waals surface area (Å²) in [6, 6.07) is 16.9. The van der Waals surface area contributed by atoms with Crippen LogP contribution in [-0.2, 0) is 6.61 Å². The number of halogens is 2. The van der Waals surface area contributed by atoms with Crippen LogP contribution in [0, 0.1) is 17.6 Å². The lowest BCUT2D eigenvalue weighted by molar-refractivity contribution is 0.284. The zero-order chi connectivity index (χ0) is 23.2. The average molecular weight is 453 g/mol. The first-order valence-electron chi connectivity index (χ1n) is 11.6. The molecule has 0 radical (unpaired) electrons. The van der Waals surface area contributed by atoms with Gasteiger partial charge in [0.2, 0.25) is 0 Å². The van der Waals surface area contributed by atoms with Crippen molar-refractivity contribution >= 4 is 0 Å². The molecule has 0 N–H and O–H groups in total. The van der Waals surface area contributed by atoms with Crippen LogP contribution in [-0.4, -0.2) is 6.61 Å². The van der Waals surface area contributed by atoms with E-state index >= 15 is 0 Å². The van der Waals surface area contributed by atoms with Crippen molar-refractivity contribution in [1.82, 2.24) is 0 Å². The summed E-state index contributed by atoms with van der Waals surface area (Å²) in [5, 5.41) is 0. The highest BCUT2D eigenvalue weighted by molar-refractivity contribution is 5.39. The summed E-state index contributed by atoms with van der Waals surface area (Å²) in [6.07, 6.45) is 4.54. The third-order valence-corrected chi connectivity index (χ3v) is 5.90. The van der Waals surface area contributed by atoms with Crippen LogP contribution in [0.4, 0.5) is 8.78 Å². The van der Waals surface area contributed by atoms with E-state index in [0.29, 0.717) is 41.3 Å². The SMILES string of the molecule is CCCC(C)c1ccc(OCc2ccc(Oc3ccc(F)c(OCC4CC4)c3)cc2F)cc1. The van der Waals surface area contributed by atoms with Gasteiger partial charge in [-0.1, -0.05) is 32.4 Å². The minimum absolute atomic E-state index is 0.117. The minimum Gasteiger partial charge on any atom is -0.490 e. The number of benzene rings is 3. The Morgan fingerprint density at radius 2 is 1.55 bits per heavy atom. The molecule has 0 bridgehead atoms. The largest absolute Gasteiger partial charge is 0.490 e. The number of ether oxygens (including phenoxy) is 3. The highest BCUT2D eigenvalue weighted by Crippen LogP contribution is 2.33. The number of rotatable bonds is 11. The maximum atomic E-state index is 14.6. The fourth-order valence-corrected chi connectivity index (χ4v) is 3.65. The summed E-state index contributed by atoms with van der Waals surface area (Å²) in [5.41, 5.74) is 1.71. The molecule has 0 spiro atoms. The third kappa shape index (κ3) is 6.47. The van der Waals surface area contributed by atoms with Crippen molar-refractivity contribution in [3.05, 3.63) is 83.4 Å². The molecule has 174 valence electrons. The quantitative estimate of drug-likeness (QED) is 0.295. The first kappa shape index (κ1) is 23.1. The van der Waals surface area contributed by atoms with Crippen LogP contribution in [0.1, 0.15) is 56.6 Å². The van der Waals surface area contributed by atoms with Crippen LogP contribution in [0.3, 0.4) is 0 Å². The van der Waals surface area contributed by atoms with Gasteiger partial charge in [-0.15, -0.1) is 0 Å². The minimum atomic E-state index is -0.436. The summed E-state index contributed by atoms with van der Waals surface area (Å²) >= 11 is 0. The summed E-state index contributed by atoms with van der Waals surface area (Å²) in [4.78, 5) is 0. The van der Waals surface area contributed by atoms with Gasteiger partial charge in [-0.2, -0.15) is 0 Å². The molecule has 0 saturated heterocycles. The second-order valence-corrected chi connectivity index (χ2v) is 8.75. The van der Waals surface area contributed by atoms with E-state index in [4.69, 9.17) is 14.2 Å². The first-order valence-corrected chi connectivity index (χ1v) is 11.6. The van der Waals surface area contributed by atoms with Gasteiger partial charge >= 0.3 is 0 Å². The Labute approximate surface area is 194 Å². The fourth-order valence-electron chi connectivity index (χ4n) is 3.65. The van der Waals surface area contributed by atoms with E-state index in [1.807, 2.05) is 12.1 Å². The zero-order valence-electron chi connectivity index (χ0n) is 19.2. The summed E-state index contributed by atoms with van der Waals surface area (Å²) in [6.45, 7) is 5.02. The van der Waals surface area contributed by atoms with Gasteiger partial charge in [-0.25, -0.2) is 8.78 Å². The van der Waals surface area contributed by atoms with E-state index < -0.39 is 11.6 Å². The lowest BCUT2D eigenvalue weighted by Gasteiger charge is -2.13. The molecule has 0 aromatic heterocycles. The molecule has 33 heavy (non-hydrogen) atoms. The topological polar surface area (TPSA) is 27.7 Å². The smallest absolute Gasteiger partial charge is 0.165 e. The molecule has 0 amide bonds. The number of hydrogen-bond acceptors (Lipinski definition) is 3. The summed E-state index contributed by atoms with van der Waals surface area (Å²) < 4.78 is 45.6.